The van der Waals surface area contributed by atoms with Crippen LogP contribution >= 0.6 is 0 Å². The molecule has 5 heterocycles. The van der Waals surface area contributed by atoms with Gasteiger partial charge in [-0.25, -0.2) is 14.2 Å². The molecule has 2 fully saturated rings. The van der Waals surface area contributed by atoms with Crippen molar-refractivity contribution in [3.05, 3.63) is 60.8 Å². The van der Waals surface area contributed by atoms with Gasteiger partial charge in [0, 0.05) is 74.0 Å². The summed E-state index contributed by atoms with van der Waals surface area (Å²) < 4.78 is 19.0. The number of hydrogen-bond donors (Lipinski definition) is 1. The fourth-order valence-electron chi connectivity index (χ4n) is 5.36. The minimum atomic E-state index is -0.274. The minimum Gasteiger partial charge on any atom is -0.493 e. The Morgan fingerprint density at radius 1 is 1.03 bits per heavy atom. The lowest BCUT2D eigenvalue weighted by Gasteiger charge is -2.41. The molecular formula is C27H29FN6O2. The first-order chi connectivity index (χ1) is 17.7. The molecule has 2 aliphatic rings. The fourth-order valence-corrected chi connectivity index (χ4v) is 5.36. The van der Waals surface area contributed by atoms with Gasteiger partial charge in [0.15, 0.2) is 0 Å². The van der Waals surface area contributed by atoms with Crippen LogP contribution in [0.2, 0.25) is 0 Å². The number of piperazine rings is 1. The molecule has 0 radical (unpaired) electrons. The van der Waals surface area contributed by atoms with Gasteiger partial charge >= 0.3 is 6.03 Å². The minimum absolute atomic E-state index is 0.109. The third-order valence-electron chi connectivity index (χ3n) is 7.25. The van der Waals surface area contributed by atoms with Gasteiger partial charge in [0.25, 0.3) is 0 Å². The molecule has 2 amide bonds. The number of halogens is 1. The highest BCUT2D eigenvalue weighted by Gasteiger charge is 2.30. The first-order valence-corrected chi connectivity index (χ1v) is 12.5. The fraction of sp³-hybridized carbons (Fsp3) is 0.370. The summed E-state index contributed by atoms with van der Waals surface area (Å²) in [5.41, 5.74) is 2.86. The van der Waals surface area contributed by atoms with Crippen LogP contribution in [-0.4, -0.2) is 76.7 Å². The molecule has 1 unspecified atom stereocenters. The maximum Gasteiger partial charge on any atom is 0.320 e. The maximum atomic E-state index is 13.3. The highest BCUT2D eigenvalue weighted by molar-refractivity contribution is 6.10. The van der Waals surface area contributed by atoms with Crippen LogP contribution in [0.4, 0.5) is 14.9 Å². The zero-order valence-corrected chi connectivity index (χ0v) is 20.1. The number of anilines is 1. The molecule has 186 valence electrons. The Morgan fingerprint density at radius 3 is 2.69 bits per heavy atom. The number of nitrogens with zero attached hydrogens (tertiary/aromatic N) is 5. The normalized spacial score (nSPS) is 18.7. The number of likely N-dealkylation sites (tertiary alicyclic amines) is 1. The standard InChI is InChI=1S/C27H29FN6O2/c28-20-3-5-21(6-4-20)36-18-19-2-1-11-34(17-19)27(35)33-14-12-32(13-15-33)24-8-10-29-23-16-31-26-22(25(23)24)7-9-30-26/h3-10,16,19H,1-2,11-15,17-18H2,(H,30,31). The predicted octanol–water partition coefficient (Wildman–Crippen LogP) is 4.28. The lowest BCUT2D eigenvalue weighted by atomic mass is 9.99. The average molecular weight is 489 g/mol. The monoisotopic (exact) mass is 488 g/mol. The molecule has 0 spiro atoms. The van der Waals surface area contributed by atoms with Crippen LogP contribution in [0.25, 0.3) is 21.9 Å². The van der Waals surface area contributed by atoms with Gasteiger partial charge in [0.1, 0.15) is 17.2 Å². The zero-order chi connectivity index (χ0) is 24.5. The summed E-state index contributed by atoms with van der Waals surface area (Å²) in [6.45, 7) is 4.89. The number of ether oxygens (including phenoxy) is 1. The number of urea groups is 1. The zero-order valence-electron chi connectivity index (χ0n) is 20.1. The summed E-state index contributed by atoms with van der Waals surface area (Å²) in [5, 5.41) is 2.17. The largest absolute Gasteiger partial charge is 0.493 e. The van der Waals surface area contributed by atoms with Crippen molar-refractivity contribution < 1.29 is 13.9 Å². The Bertz CT molecular complexity index is 1370. The quantitative estimate of drug-likeness (QED) is 0.464. The Morgan fingerprint density at radius 2 is 1.86 bits per heavy atom. The molecule has 1 aromatic carbocycles. The lowest BCUT2D eigenvalue weighted by Crippen LogP contribution is -2.54. The van der Waals surface area contributed by atoms with Crippen molar-refractivity contribution >= 4 is 33.7 Å². The van der Waals surface area contributed by atoms with Crippen molar-refractivity contribution in [2.75, 3.05) is 50.8 Å². The molecule has 36 heavy (non-hydrogen) atoms. The second-order valence-corrected chi connectivity index (χ2v) is 9.56. The Hall–Kier alpha value is -3.88. The molecule has 2 aliphatic heterocycles. The number of piperidine rings is 1. The van der Waals surface area contributed by atoms with Gasteiger partial charge in [0.05, 0.1) is 18.3 Å². The predicted molar refractivity (Wildman–Crippen MR) is 137 cm³/mol. The summed E-state index contributed by atoms with van der Waals surface area (Å²) in [6, 6.07) is 10.3. The molecule has 6 rings (SSSR count). The van der Waals surface area contributed by atoms with E-state index in [2.05, 4.69) is 25.9 Å². The van der Waals surface area contributed by atoms with Crippen molar-refractivity contribution in [3.63, 3.8) is 0 Å². The first-order valence-electron chi connectivity index (χ1n) is 12.5. The van der Waals surface area contributed by atoms with Crippen LogP contribution in [0.3, 0.4) is 0 Å². The average Bonchev–Trinajstić information content (AvgIpc) is 3.42. The van der Waals surface area contributed by atoms with E-state index >= 15 is 0 Å². The van der Waals surface area contributed by atoms with E-state index in [0.717, 1.165) is 60.1 Å². The summed E-state index contributed by atoms with van der Waals surface area (Å²) in [6.07, 6.45) is 7.53. The highest BCUT2D eigenvalue weighted by Crippen LogP contribution is 2.32. The number of carbonyl (C=O) groups excluding carboxylic acids is 1. The van der Waals surface area contributed by atoms with Gasteiger partial charge in [-0.3, -0.25) is 4.98 Å². The molecule has 0 bridgehead atoms. The van der Waals surface area contributed by atoms with Crippen molar-refractivity contribution in [1.29, 1.82) is 0 Å². The van der Waals surface area contributed by atoms with Gasteiger partial charge in [-0.2, -0.15) is 0 Å². The molecule has 0 saturated carbocycles. The van der Waals surface area contributed by atoms with Crippen molar-refractivity contribution in [2.24, 2.45) is 5.92 Å². The number of rotatable bonds is 4. The van der Waals surface area contributed by atoms with Gasteiger partial charge in [-0.1, -0.05) is 0 Å². The number of benzene rings is 1. The van der Waals surface area contributed by atoms with Crippen LogP contribution < -0.4 is 9.64 Å². The number of aromatic amines is 1. The Balaban J connectivity index is 1.08. The summed E-state index contributed by atoms with van der Waals surface area (Å²) >= 11 is 0. The van der Waals surface area contributed by atoms with E-state index in [1.807, 2.05) is 34.5 Å². The van der Waals surface area contributed by atoms with Gasteiger partial charge in [0.2, 0.25) is 0 Å². The molecule has 3 aromatic heterocycles. The summed E-state index contributed by atoms with van der Waals surface area (Å²) in [4.78, 5) is 31.8. The highest BCUT2D eigenvalue weighted by atomic mass is 19.1. The molecule has 2 saturated heterocycles. The molecule has 9 heteroatoms. The van der Waals surface area contributed by atoms with Gasteiger partial charge < -0.3 is 24.4 Å². The molecule has 1 atom stereocenters. The smallest absolute Gasteiger partial charge is 0.320 e. The van der Waals surface area contributed by atoms with Gasteiger partial charge in [-0.15, -0.1) is 0 Å². The van der Waals surface area contributed by atoms with Crippen LogP contribution in [0.15, 0.2) is 55.0 Å². The summed E-state index contributed by atoms with van der Waals surface area (Å²) in [7, 11) is 0. The second kappa shape index (κ2) is 9.64. The molecular weight excluding hydrogens is 459 g/mol. The van der Waals surface area contributed by atoms with Crippen molar-refractivity contribution in [1.82, 2.24) is 24.8 Å². The molecule has 4 aromatic rings. The van der Waals surface area contributed by atoms with E-state index in [-0.39, 0.29) is 17.8 Å². The number of hydrogen-bond acceptors (Lipinski definition) is 5. The number of carbonyl (C=O) groups is 1. The van der Waals surface area contributed by atoms with E-state index in [0.29, 0.717) is 32.0 Å². The van der Waals surface area contributed by atoms with Crippen molar-refractivity contribution in [3.8, 4) is 5.75 Å². The van der Waals surface area contributed by atoms with Crippen LogP contribution in [0.5, 0.6) is 5.75 Å². The molecule has 8 nitrogen and oxygen atoms in total. The van der Waals surface area contributed by atoms with E-state index < -0.39 is 0 Å². The van der Waals surface area contributed by atoms with E-state index in [9.17, 15) is 9.18 Å². The van der Waals surface area contributed by atoms with Crippen molar-refractivity contribution in [2.45, 2.75) is 12.8 Å². The van der Waals surface area contributed by atoms with Crippen LogP contribution in [0.1, 0.15) is 12.8 Å². The number of aromatic nitrogens is 3. The van der Waals surface area contributed by atoms with Gasteiger partial charge in [-0.05, 0) is 49.2 Å². The van der Waals surface area contributed by atoms with E-state index in [1.54, 1.807) is 12.1 Å². The van der Waals surface area contributed by atoms with Crippen LogP contribution in [0, 0.1) is 11.7 Å². The molecule has 0 aliphatic carbocycles. The first kappa shape index (κ1) is 22.6. The van der Waals surface area contributed by atoms with E-state index in [1.165, 1.54) is 12.1 Å². The maximum absolute atomic E-state index is 13.3. The number of H-pyrrole nitrogens is 1. The molecule has 1 N–H and O–H groups in total. The van der Waals surface area contributed by atoms with Crippen LogP contribution in [-0.2, 0) is 0 Å². The Labute approximate surface area is 208 Å². The number of nitrogens with one attached hydrogen (secondary N) is 1. The number of fused-ring (bicyclic) bond motifs is 3. The summed E-state index contributed by atoms with van der Waals surface area (Å²) in [5.74, 6) is 0.658. The third kappa shape index (κ3) is 4.41. The lowest BCUT2D eigenvalue weighted by molar-refractivity contribution is 0.110. The Kier molecular flexibility index (Phi) is 6.04. The third-order valence-corrected chi connectivity index (χ3v) is 7.25. The topological polar surface area (TPSA) is 77.6 Å². The van der Waals surface area contributed by atoms with E-state index in [4.69, 9.17) is 4.74 Å². The number of pyridine rings is 2. The SMILES string of the molecule is O=C(N1CCN(c2ccnc3cnc4[nH]ccc4c23)CC1)N1CCCC(COc2ccc(F)cc2)C1. The second-order valence-electron chi connectivity index (χ2n) is 9.56. The number of amides is 2.